The van der Waals surface area contributed by atoms with Crippen LogP contribution in [0.1, 0.15) is 134 Å². The monoisotopic (exact) mass is 1080 g/mol. The Morgan fingerprint density at radius 2 is 1.09 bits per heavy atom. The molecule has 1 fully saturated rings. The minimum absolute atomic E-state index is 0.0247. The molecule has 1 aliphatic rings. The second-order valence-corrected chi connectivity index (χ2v) is 24.4. The fourth-order valence-electron chi connectivity index (χ4n) is 7.71. The smallest absolute Gasteiger partial charge is 0.399 e. The molecule has 7 heterocycles. The number of rotatable bonds is 14. The maximum Gasteiger partial charge on any atom is 0.494 e. The summed E-state index contributed by atoms with van der Waals surface area (Å²) in [6.45, 7) is 25.1. The van der Waals surface area contributed by atoms with E-state index < -0.39 is 0 Å². The third-order valence-electron chi connectivity index (χ3n) is 12.8. The number of anilines is 4. The Morgan fingerprint density at radius 3 is 1.53 bits per heavy atom. The number of nitrogens with one attached hydrogen (secondary N) is 2. The maximum absolute atomic E-state index is 12.7. The topological polar surface area (TPSA) is 190 Å². The minimum atomic E-state index is -0.359. The molecule has 20 heteroatoms. The summed E-state index contributed by atoms with van der Waals surface area (Å²) in [5.41, 5.74) is 6.73. The van der Waals surface area contributed by atoms with Crippen molar-refractivity contribution >= 4 is 81.7 Å². The number of hydrogen-bond donors (Lipinski definition) is 2. The van der Waals surface area contributed by atoms with Gasteiger partial charge in [-0.1, -0.05) is 83.5 Å². The lowest BCUT2D eigenvalue weighted by atomic mass is 9.77. The van der Waals surface area contributed by atoms with E-state index in [0.717, 1.165) is 71.2 Å². The Bertz CT molecular complexity index is 3280. The summed E-state index contributed by atoms with van der Waals surface area (Å²) in [7, 11) is 3.45. The van der Waals surface area contributed by atoms with Crippen molar-refractivity contribution in [2.45, 2.75) is 131 Å². The van der Waals surface area contributed by atoms with Crippen molar-refractivity contribution in [1.29, 1.82) is 0 Å². The molecule has 0 atom stereocenters. The van der Waals surface area contributed by atoms with Gasteiger partial charge in [-0.25, -0.2) is 39.9 Å². The number of ketones is 2. The number of imidazole rings is 2. The quantitative estimate of drug-likeness (QED) is 0.0594. The molecule has 76 heavy (non-hydrogen) atoms. The molecule has 0 unspecified atom stereocenters. The van der Waals surface area contributed by atoms with Crippen LogP contribution in [0.25, 0.3) is 11.3 Å². The van der Waals surface area contributed by atoms with Gasteiger partial charge in [0, 0.05) is 80.3 Å². The number of halogens is 1. The van der Waals surface area contributed by atoms with Crippen LogP contribution in [0.15, 0.2) is 98.6 Å². The average Bonchev–Trinajstić information content (AvgIpc) is 4.21. The minimum Gasteiger partial charge on any atom is -0.399 e. The van der Waals surface area contributed by atoms with E-state index >= 15 is 0 Å². The molecule has 16 nitrogen and oxygen atoms in total. The summed E-state index contributed by atoms with van der Waals surface area (Å²) in [6.07, 6.45) is 15.9. The van der Waals surface area contributed by atoms with Gasteiger partial charge in [-0.2, -0.15) is 0 Å². The van der Waals surface area contributed by atoms with Gasteiger partial charge in [0.2, 0.25) is 0 Å². The lowest BCUT2D eigenvalue weighted by Gasteiger charge is -2.32. The summed E-state index contributed by atoms with van der Waals surface area (Å²) < 4.78 is 16.0. The van der Waals surface area contributed by atoms with Gasteiger partial charge >= 0.3 is 7.12 Å². The average molecular weight is 1080 g/mol. The molecule has 0 amide bonds. The standard InChI is InChI=1S/C25H28N6OS.C23H32BNO3S.C8H8ClN5/c1-16-10-18(19-11-22(28-14-27-19)30-23-13-31(5)15-29-23)7-6-17(16)8-9-20(32)21-12-26-24(33-21)25(2,3)4;1-15-13-17(24-27-22(5,6)23(7,8)28-24)11-9-16(15)10-12-18(26)19-14-25-20(29-19)21(2,3)4;1-14-3-8(12-5-14)13-7-2-6(9)10-4-11-7/h6-7,10-15H,8-9H2,1-5H3,(H,27,28,30);9,11,13-14H,10,12H2,1-8H3;2-5H,1H3,(H,10,11,13). The molecule has 1 aliphatic heterocycles. The molecular formula is C56H68BClN12O4S2. The summed E-state index contributed by atoms with van der Waals surface area (Å²) in [5, 5.41) is 8.59. The van der Waals surface area contributed by atoms with E-state index in [1.165, 1.54) is 34.6 Å². The Morgan fingerprint density at radius 1 is 0.618 bits per heavy atom. The van der Waals surface area contributed by atoms with Crippen molar-refractivity contribution in [2.24, 2.45) is 14.1 Å². The normalized spacial score (nSPS) is 13.9. The number of nitrogens with zero attached hydrogens (tertiary/aromatic N) is 10. The van der Waals surface area contributed by atoms with Crippen LogP contribution in [0.2, 0.25) is 5.15 Å². The molecule has 0 spiro atoms. The van der Waals surface area contributed by atoms with Crippen molar-refractivity contribution < 1.29 is 18.9 Å². The van der Waals surface area contributed by atoms with Crippen LogP contribution in [0.3, 0.4) is 0 Å². The van der Waals surface area contributed by atoms with Crippen molar-refractivity contribution in [1.82, 2.24) is 49.0 Å². The van der Waals surface area contributed by atoms with Gasteiger partial charge in [0.25, 0.3) is 0 Å². The number of Topliss-reactive ketones (excluding diaryl/α,β-unsaturated/α-hetero) is 2. The highest BCUT2D eigenvalue weighted by Crippen LogP contribution is 2.37. The van der Waals surface area contributed by atoms with Gasteiger partial charge in [-0.3, -0.25) is 9.59 Å². The predicted octanol–water partition coefficient (Wildman–Crippen LogP) is 12.0. The van der Waals surface area contributed by atoms with E-state index in [1.807, 2.05) is 47.8 Å². The van der Waals surface area contributed by atoms with Crippen LogP contribution < -0.4 is 16.1 Å². The first kappa shape index (κ1) is 57.2. The van der Waals surface area contributed by atoms with Gasteiger partial charge in [0.1, 0.15) is 41.1 Å². The molecule has 9 rings (SSSR count). The molecule has 1 saturated heterocycles. The zero-order chi connectivity index (χ0) is 55.2. The number of aromatic nitrogens is 10. The van der Waals surface area contributed by atoms with E-state index in [1.54, 1.807) is 37.4 Å². The largest absolute Gasteiger partial charge is 0.494 e. The van der Waals surface area contributed by atoms with E-state index in [4.69, 9.17) is 20.9 Å². The van der Waals surface area contributed by atoms with Gasteiger partial charge in [0.15, 0.2) is 11.6 Å². The molecule has 0 saturated carbocycles. The number of aryl methyl sites for hydroxylation is 6. The van der Waals surface area contributed by atoms with Gasteiger partial charge in [0.05, 0.1) is 49.3 Å². The third-order valence-corrected chi connectivity index (χ3v) is 16.0. The molecule has 398 valence electrons. The van der Waals surface area contributed by atoms with Crippen LogP contribution in [-0.4, -0.2) is 78.9 Å². The number of thiazole rings is 2. The number of benzene rings is 2. The summed E-state index contributed by atoms with van der Waals surface area (Å²) in [6, 6.07) is 16.0. The first-order valence-corrected chi connectivity index (χ1v) is 27.1. The molecule has 2 aromatic carbocycles. The molecule has 2 N–H and O–H groups in total. The molecule has 0 aliphatic carbocycles. The molecule has 0 radical (unpaired) electrons. The summed E-state index contributed by atoms with van der Waals surface area (Å²) in [4.78, 5) is 60.5. The van der Waals surface area contributed by atoms with Gasteiger partial charge in [-0.15, -0.1) is 22.7 Å². The fraction of sp³-hybridized carbons (Fsp3) is 0.393. The lowest BCUT2D eigenvalue weighted by Crippen LogP contribution is -2.41. The molecule has 6 aromatic heterocycles. The number of carbonyl (C=O) groups is 2. The first-order valence-electron chi connectivity index (χ1n) is 25.1. The Balaban J connectivity index is 0.000000178. The number of hydrogen-bond acceptors (Lipinski definition) is 16. The van der Waals surface area contributed by atoms with Crippen molar-refractivity contribution in [3.8, 4) is 11.3 Å². The zero-order valence-electron chi connectivity index (χ0n) is 45.9. The predicted molar refractivity (Wildman–Crippen MR) is 306 cm³/mol. The second-order valence-electron chi connectivity index (χ2n) is 21.9. The number of carbonyl (C=O) groups excluding carboxylic acids is 2. The highest BCUT2D eigenvalue weighted by Gasteiger charge is 2.51. The summed E-state index contributed by atoms with van der Waals surface area (Å²) in [5.74, 6) is 3.07. The maximum atomic E-state index is 12.7. The highest BCUT2D eigenvalue weighted by atomic mass is 35.5. The van der Waals surface area contributed by atoms with E-state index in [-0.39, 0.29) is 40.7 Å². The van der Waals surface area contributed by atoms with Crippen molar-refractivity contribution in [3.05, 3.63) is 146 Å². The van der Waals surface area contributed by atoms with Gasteiger partial charge in [-0.05, 0) is 88.2 Å². The third kappa shape index (κ3) is 15.1. The van der Waals surface area contributed by atoms with Crippen LogP contribution in [-0.2, 0) is 47.1 Å². The molecule has 0 bridgehead atoms. The van der Waals surface area contributed by atoms with Crippen LogP contribution >= 0.6 is 34.3 Å². The first-order chi connectivity index (χ1) is 35.7. The Kier molecular flexibility index (Phi) is 17.9. The fourth-order valence-corrected chi connectivity index (χ4v) is 9.74. The molecular weight excluding hydrogens is 1020 g/mol. The highest BCUT2D eigenvalue weighted by molar-refractivity contribution is 7.14. The van der Waals surface area contributed by atoms with Crippen LogP contribution in [0.4, 0.5) is 23.3 Å². The van der Waals surface area contributed by atoms with E-state index in [9.17, 15) is 9.59 Å². The van der Waals surface area contributed by atoms with Crippen molar-refractivity contribution in [2.75, 3.05) is 10.6 Å². The summed E-state index contributed by atoms with van der Waals surface area (Å²) >= 11 is 8.72. The van der Waals surface area contributed by atoms with E-state index in [2.05, 4.69) is 164 Å². The second kappa shape index (κ2) is 23.8. The zero-order valence-corrected chi connectivity index (χ0v) is 48.3. The SMILES string of the molecule is Cc1cc(-c2cc(Nc3cn(C)cn3)ncn2)ccc1CCC(=O)c1cnc(C(C)(C)C)s1.Cc1cc(B2OC(C)(C)C(C)(C)O2)ccc1CCC(=O)c1cnc(C(C)(C)C)s1.Cn1cnc(Nc2cc(Cl)ncn2)c1. The lowest BCUT2D eigenvalue weighted by molar-refractivity contribution is 0.00578. The van der Waals surface area contributed by atoms with Gasteiger partial charge < -0.3 is 29.1 Å². The Labute approximate surface area is 459 Å². The van der Waals surface area contributed by atoms with Crippen LogP contribution in [0.5, 0.6) is 0 Å². The Hall–Kier alpha value is -6.51. The van der Waals surface area contributed by atoms with Crippen LogP contribution in [0, 0.1) is 13.8 Å². The van der Waals surface area contributed by atoms with E-state index in [0.29, 0.717) is 36.1 Å². The molecule has 8 aromatic rings. The van der Waals surface area contributed by atoms with Crippen molar-refractivity contribution in [3.63, 3.8) is 0 Å².